The van der Waals surface area contributed by atoms with Gasteiger partial charge >= 0.3 is 0 Å². The Kier molecular flexibility index (Phi) is 4.71. The summed E-state index contributed by atoms with van der Waals surface area (Å²) in [6.07, 6.45) is 1.71. The largest absolute Gasteiger partial charge is 0.321 e. The number of fused-ring (bicyclic) bond motifs is 2. The first kappa shape index (κ1) is 18.7. The second-order valence-corrected chi connectivity index (χ2v) is 8.31. The smallest absolute Gasteiger partial charge is 0.261 e. The molecular weight excluding hydrogens is 489 g/mol. The molecule has 6 heteroatoms. The zero-order valence-electron chi connectivity index (χ0n) is 15.8. The number of amides is 1. The number of hydrogen-bond donors (Lipinski definition) is 1. The first-order valence-electron chi connectivity index (χ1n) is 9.46. The lowest BCUT2D eigenvalue weighted by Crippen LogP contribution is -2.25. The summed E-state index contributed by atoms with van der Waals surface area (Å²) in [4.78, 5) is 30.7. The second kappa shape index (κ2) is 7.53. The molecule has 0 aliphatic carbocycles. The van der Waals surface area contributed by atoms with Gasteiger partial charge in [0.1, 0.15) is 5.82 Å². The van der Waals surface area contributed by atoms with Crippen molar-refractivity contribution in [3.05, 3.63) is 104 Å². The summed E-state index contributed by atoms with van der Waals surface area (Å²) >= 11 is 2.19. The van der Waals surface area contributed by atoms with E-state index < -0.39 is 0 Å². The highest BCUT2D eigenvalue weighted by Gasteiger charge is 2.24. The lowest BCUT2D eigenvalue weighted by atomic mass is 10.1. The van der Waals surface area contributed by atoms with E-state index in [9.17, 15) is 9.59 Å². The molecule has 1 aliphatic rings. The number of halogens is 1. The standard InChI is InChI=1S/C24H16IN3O2/c25-16-10-11-21-19(12-16)24(30)28(14-15-6-2-1-3-7-15)22(26-21)13-18-17-8-4-5-9-20(17)27-23(18)29/h1-13H,14H2,(H,27,29)/b18-13-. The molecule has 2 heterocycles. The first-order chi connectivity index (χ1) is 14.6. The van der Waals surface area contributed by atoms with Gasteiger partial charge in [0.25, 0.3) is 11.5 Å². The van der Waals surface area contributed by atoms with Crippen molar-refractivity contribution >= 4 is 56.7 Å². The maximum Gasteiger partial charge on any atom is 0.261 e. The van der Waals surface area contributed by atoms with Crippen molar-refractivity contribution in [1.29, 1.82) is 0 Å². The number of hydrogen-bond acceptors (Lipinski definition) is 3. The Balaban J connectivity index is 1.75. The van der Waals surface area contributed by atoms with Crippen LogP contribution >= 0.6 is 22.6 Å². The Morgan fingerprint density at radius 2 is 1.73 bits per heavy atom. The van der Waals surface area contributed by atoms with Crippen LogP contribution < -0.4 is 10.9 Å². The first-order valence-corrected chi connectivity index (χ1v) is 10.5. The fourth-order valence-electron chi connectivity index (χ4n) is 3.65. The van der Waals surface area contributed by atoms with Gasteiger partial charge in [-0.1, -0.05) is 48.5 Å². The fraction of sp³-hybridized carbons (Fsp3) is 0.0417. The minimum Gasteiger partial charge on any atom is -0.321 e. The molecule has 5 nitrogen and oxygen atoms in total. The molecule has 1 aromatic heterocycles. The number of aromatic nitrogens is 2. The molecule has 0 fully saturated rings. The number of carbonyl (C=O) groups is 1. The zero-order chi connectivity index (χ0) is 20.7. The van der Waals surface area contributed by atoms with Crippen LogP contribution in [0.4, 0.5) is 5.69 Å². The average molecular weight is 505 g/mol. The lowest BCUT2D eigenvalue weighted by Gasteiger charge is -2.12. The van der Waals surface area contributed by atoms with Gasteiger partial charge in [0.2, 0.25) is 0 Å². The van der Waals surface area contributed by atoms with E-state index in [2.05, 4.69) is 27.9 Å². The van der Waals surface area contributed by atoms with Crippen molar-refractivity contribution in [3.63, 3.8) is 0 Å². The van der Waals surface area contributed by atoms with E-state index in [1.165, 1.54) is 0 Å². The molecule has 0 saturated heterocycles. The highest BCUT2D eigenvalue weighted by molar-refractivity contribution is 14.1. The molecule has 30 heavy (non-hydrogen) atoms. The van der Waals surface area contributed by atoms with E-state index in [4.69, 9.17) is 4.98 Å². The molecule has 5 rings (SSSR count). The van der Waals surface area contributed by atoms with Gasteiger partial charge in [0.15, 0.2) is 0 Å². The quantitative estimate of drug-likeness (QED) is 0.329. The summed E-state index contributed by atoms with van der Waals surface area (Å²) in [5.74, 6) is 0.263. The van der Waals surface area contributed by atoms with Crippen molar-refractivity contribution in [3.8, 4) is 0 Å². The van der Waals surface area contributed by atoms with E-state index in [0.717, 1.165) is 20.4 Å². The van der Waals surface area contributed by atoms with Gasteiger partial charge in [-0.3, -0.25) is 14.2 Å². The molecule has 0 radical (unpaired) electrons. The second-order valence-electron chi connectivity index (χ2n) is 7.07. The number of nitrogens with zero attached hydrogens (tertiary/aromatic N) is 2. The van der Waals surface area contributed by atoms with Crippen LogP contribution in [0, 0.1) is 3.57 Å². The van der Waals surface area contributed by atoms with Crippen LogP contribution in [0.15, 0.2) is 77.6 Å². The van der Waals surface area contributed by atoms with Crippen molar-refractivity contribution in [2.75, 3.05) is 5.32 Å². The summed E-state index contributed by atoms with van der Waals surface area (Å²) in [6, 6.07) is 22.9. The Bertz CT molecular complexity index is 1390. The normalized spacial score (nSPS) is 14.2. The van der Waals surface area contributed by atoms with Gasteiger partial charge in [-0.05, 0) is 58.5 Å². The van der Waals surface area contributed by atoms with E-state index in [-0.39, 0.29) is 11.5 Å². The number of nitrogens with one attached hydrogen (secondary N) is 1. The molecule has 0 atom stereocenters. The van der Waals surface area contributed by atoms with Crippen LogP contribution in [0.5, 0.6) is 0 Å². The maximum atomic E-state index is 13.4. The van der Waals surface area contributed by atoms with Crippen LogP contribution in [0.2, 0.25) is 0 Å². The minimum atomic E-state index is -0.195. The third-order valence-corrected chi connectivity index (χ3v) is 5.78. The highest BCUT2D eigenvalue weighted by Crippen LogP contribution is 2.32. The number of rotatable bonds is 3. The highest BCUT2D eigenvalue weighted by atomic mass is 127. The molecule has 1 amide bonds. The van der Waals surface area contributed by atoms with Gasteiger partial charge in [0, 0.05) is 14.8 Å². The molecule has 4 aromatic rings. The summed E-state index contributed by atoms with van der Waals surface area (Å²) in [6.45, 7) is 0.371. The Hall–Kier alpha value is -3.26. The third-order valence-electron chi connectivity index (χ3n) is 5.11. The predicted molar refractivity (Wildman–Crippen MR) is 127 cm³/mol. The summed E-state index contributed by atoms with van der Waals surface area (Å²) < 4.78 is 2.61. The molecule has 0 unspecified atom stereocenters. The van der Waals surface area contributed by atoms with Gasteiger partial charge in [-0.2, -0.15) is 0 Å². The van der Waals surface area contributed by atoms with E-state index in [1.54, 1.807) is 10.6 Å². The predicted octanol–water partition coefficient (Wildman–Crippen LogP) is 4.54. The van der Waals surface area contributed by atoms with Gasteiger partial charge in [-0.15, -0.1) is 0 Å². The van der Waals surface area contributed by atoms with Gasteiger partial charge < -0.3 is 5.32 Å². The van der Waals surface area contributed by atoms with Crippen LogP contribution in [-0.4, -0.2) is 15.5 Å². The molecule has 1 N–H and O–H groups in total. The van der Waals surface area contributed by atoms with Crippen molar-refractivity contribution < 1.29 is 4.79 Å². The Morgan fingerprint density at radius 3 is 2.57 bits per heavy atom. The zero-order valence-corrected chi connectivity index (χ0v) is 18.0. The maximum absolute atomic E-state index is 13.4. The minimum absolute atomic E-state index is 0.124. The number of benzene rings is 3. The van der Waals surface area contributed by atoms with Crippen LogP contribution in [0.1, 0.15) is 17.0 Å². The van der Waals surface area contributed by atoms with Gasteiger partial charge in [0.05, 0.1) is 23.0 Å². The van der Waals surface area contributed by atoms with E-state index >= 15 is 0 Å². The summed E-state index contributed by atoms with van der Waals surface area (Å²) in [5.41, 5.74) is 3.56. The Labute approximate surface area is 186 Å². The molecule has 0 spiro atoms. The van der Waals surface area contributed by atoms with Crippen molar-refractivity contribution in [2.24, 2.45) is 0 Å². The van der Waals surface area contributed by atoms with Crippen molar-refractivity contribution in [2.45, 2.75) is 6.54 Å². The van der Waals surface area contributed by atoms with Crippen LogP contribution in [0.3, 0.4) is 0 Å². The molecular formula is C24H16IN3O2. The molecule has 146 valence electrons. The Morgan fingerprint density at radius 1 is 0.967 bits per heavy atom. The van der Waals surface area contributed by atoms with Gasteiger partial charge in [-0.25, -0.2) is 4.98 Å². The summed E-state index contributed by atoms with van der Waals surface area (Å²) in [5, 5.41) is 3.44. The number of carbonyl (C=O) groups excluding carboxylic acids is 1. The SMILES string of the molecule is O=C1Nc2ccccc2/C1=C/c1nc2ccc(I)cc2c(=O)n1Cc1ccccc1. The number of anilines is 1. The monoisotopic (exact) mass is 505 g/mol. The van der Waals surface area contributed by atoms with Crippen molar-refractivity contribution in [1.82, 2.24) is 9.55 Å². The third kappa shape index (κ3) is 3.33. The summed E-state index contributed by atoms with van der Waals surface area (Å²) in [7, 11) is 0. The van der Waals surface area contributed by atoms with Crippen LogP contribution in [-0.2, 0) is 11.3 Å². The average Bonchev–Trinajstić information content (AvgIpc) is 3.07. The van der Waals surface area contributed by atoms with E-state index in [1.807, 2.05) is 72.8 Å². The van der Waals surface area contributed by atoms with Crippen LogP contribution in [0.25, 0.3) is 22.6 Å². The lowest BCUT2D eigenvalue weighted by molar-refractivity contribution is -0.110. The molecule has 3 aromatic carbocycles. The van der Waals surface area contributed by atoms with E-state index in [0.29, 0.717) is 28.8 Å². The number of para-hydroxylation sites is 1. The molecule has 0 bridgehead atoms. The molecule has 1 aliphatic heterocycles. The fourth-order valence-corrected chi connectivity index (χ4v) is 4.14. The molecule has 0 saturated carbocycles. The topological polar surface area (TPSA) is 64.0 Å².